The van der Waals surface area contributed by atoms with Gasteiger partial charge in [0.2, 0.25) is 5.91 Å². The van der Waals surface area contributed by atoms with Gasteiger partial charge in [-0.3, -0.25) is 4.79 Å². The van der Waals surface area contributed by atoms with Crippen LogP contribution in [0.3, 0.4) is 0 Å². The predicted octanol–water partition coefficient (Wildman–Crippen LogP) is 1.20. The minimum Gasteiger partial charge on any atom is -0.444 e. The SMILES string of the molecule is CC(C)(C)OC(=O)N[C@H](C(N)=O)C(Cc1ccccc1)OP(O)(O)=S. The Morgan fingerprint density at radius 3 is 2.28 bits per heavy atom. The number of ether oxygens (including phenoxy) is 1. The predicted molar refractivity (Wildman–Crippen MR) is 96.1 cm³/mol. The zero-order chi connectivity index (χ0) is 19.3. The summed E-state index contributed by atoms with van der Waals surface area (Å²) in [6.07, 6.45) is -1.99. The first-order chi connectivity index (χ1) is 11.4. The highest BCUT2D eigenvalue weighted by Gasteiger charge is 2.34. The average molecular weight is 390 g/mol. The van der Waals surface area contributed by atoms with Crippen molar-refractivity contribution in [1.29, 1.82) is 0 Å². The van der Waals surface area contributed by atoms with Gasteiger partial charge in [-0.2, -0.15) is 0 Å². The summed E-state index contributed by atoms with van der Waals surface area (Å²) in [5.74, 6) is -0.921. The number of nitrogens with two attached hydrogens (primary N) is 1. The molecule has 0 saturated carbocycles. The van der Waals surface area contributed by atoms with Crippen LogP contribution in [0.4, 0.5) is 4.79 Å². The van der Waals surface area contributed by atoms with Crippen molar-refractivity contribution in [2.24, 2.45) is 5.73 Å². The van der Waals surface area contributed by atoms with Gasteiger partial charge in [0, 0.05) is 6.42 Å². The van der Waals surface area contributed by atoms with E-state index >= 15 is 0 Å². The third-order valence-electron chi connectivity index (χ3n) is 2.90. The van der Waals surface area contributed by atoms with Gasteiger partial charge < -0.3 is 30.1 Å². The summed E-state index contributed by atoms with van der Waals surface area (Å²) in [7, 11) is 0. The molecule has 140 valence electrons. The number of nitrogens with one attached hydrogen (secondary N) is 1. The minimum atomic E-state index is -4.10. The van der Waals surface area contributed by atoms with Gasteiger partial charge >= 0.3 is 12.8 Å². The van der Waals surface area contributed by atoms with Crippen molar-refractivity contribution in [2.75, 3.05) is 0 Å². The second kappa shape index (κ2) is 8.73. The number of carbonyl (C=O) groups is 2. The molecule has 0 aliphatic heterocycles. The van der Waals surface area contributed by atoms with Crippen molar-refractivity contribution < 1.29 is 28.6 Å². The summed E-state index contributed by atoms with van der Waals surface area (Å²) in [4.78, 5) is 42.7. The van der Waals surface area contributed by atoms with Crippen molar-refractivity contribution in [3.8, 4) is 0 Å². The molecule has 0 saturated heterocycles. The Balaban J connectivity index is 3.02. The molecule has 1 rings (SSSR count). The molecule has 1 aromatic carbocycles. The van der Waals surface area contributed by atoms with Crippen LogP contribution in [0.1, 0.15) is 26.3 Å². The van der Waals surface area contributed by atoms with Crippen LogP contribution >= 0.6 is 6.72 Å². The largest absolute Gasteiger partial charge is 0.444 e. The van der Waals surface area contributed by atoms with E-state index < -0.39 is 36.5 Å². The van der Waals surface area contributed by atoms with Crippen LogP contribution in [0.15, 0.2) is 30.3 Å². The molecule has 1 unspecified atom stereocenters. The number of benzene rings is 1. The van der Waals surface area contributed by atoms with Crippen LogP contribution < -0.4 is 11.1 Å². The highest BCUT2D eigenvalue weighted by molar-refractivity contribution is 8.06. The lowest BCUT2D eigenvalue weighted by molar-refractivity contribution is -0.122. The molecule has 0 heterocycles. The summed E-state index contributed by atoms with van der Waals surface area (Å²) in [6, 6.07) is 7.46. The maximum absolute atomic E-state index is 12.0. The fraction of sp³-hybridized carbons (Fsp3) is 0.467. The summed E-state index contributed by atoms with van der Waals surface area (Å²) >= 11 is 4.49. The molecular weight excluding hydrogens is 367 g/mol. The summed E-state index contributed by atoms with van der Waals surface area (Å²) in [5.41, 5.74) is 5.29. The monoisotopic (exact) mass is 390 g/mol. The topological polar surface area (TPSA) is 131 Å². The molecule has 2 atom stereocenters. The normalized spacial score (nSPS) is 14.4. The van der Waals surface area contributed by atoms with E-state index in [0.717, 1.165) is 5.56 Å². The van der Waals surface area contributed by atoms with Gasteiger partial charge in [-0.1, -0.05) is 30.3 Å². The second-order valence-electron chi connectivity index (χ2n) is 6.35. The maximum atomic E-state index is 12.0. The van der Waals surface area contributed by atoms with E-state index in [0.29, 0.717) is 0 Å². The highest BCUT2D eigenvalue weighted by atomic mass is 32.5. The zero-order valence-electron chi connectivity index (χ0n) is 14.2. The van der Waals surface area contributed by atoms with Gasteiger partial charge in [-0.05, 0) is 38.1 Å². The Morgan fingerprint density at radius 1 is 1.28 bits per heavy atom. The lowest BCUT2D eigenvalue weighted by Gasteiger charge is -2.28. The third-order valence-corrected chi connectivity index (χ3v) is 3.71. The molecule has 0 aromatic heterocycles. The van der Waals surface area contributed by atoms with E-state index in [9.17, 15) is 19.4 Å². The zero-order valence-corrected chi connectivity index (χ0v) is 15.9. The summed E-state index contributed by atoms with van der Waals surface area (Å²) in [6.45, 7) is 0.870. The van der Waals surface area contributed by atoms with Crippen molar-refractivity contribution in [3.05, 3.63) is 35.9 Å². The first-order valence-corrected chi connectivity index (χ1v) is 10.1. The van der Waals surface area contributed by atoms with Crippen molar-refractivity contribution in [3.63, 3.8) is 0 Å². The third kappa shape index (κ3) is 8.94. The van der Waals surface area contributed by atoms with Crippen LogP contribution in [-0.2, 0) is 32.3 Å². The number of rotatable bonds is 7. The molecule has 0 aliphatic rings. The standard InChI is InChI=1S/C15H23N2O6PS/c1-15(2,3)22-14(19)17-12(13(16)18)11(23-24(20,21)25)9-10-7-5-4-6-8-10/h4-8,11-12H,9H2,1-3H3,(H2,16,18)(H,17,19)(H2,20,21,25)/t11?,12-/m0/s1. The van der Waals surface area contributed by atoms with Gasteiger partial charge in [-0.25, -0.2) is 4.79 Å². The molecule has 8 nitrogen and oxygen atoms in total. The number of amides is 2. The Kier molecular flexibility index (Phi) is 7.52. The molecule has 0 spiro atoms. The van der Waals surface area contributed by atoms with Gasteiger partial charge in [0.15, 0.2) is 0 Å². The highest BCUT2D eigenvalue weighted by Crippen LogP contribution is 2.39. The summed E-state index contributed by atoms with van der Waals surface area (Å²) in [5, 5.41) is 2.30. The Bertz CT molecular complexity index is 643. The Hall–Kier alpha value is -1.51. The lowest BCUT2D eigenvalue weighted by Crippen LogP contribution is -2.54. The van der Waals surface area contributed by atoms with Gasteiger partial charge in [-0.15, -0.1) is 0 Å². The molecule has 0 fully saturated rings. The second-order valence-corrected chi connectivity index (χ2v) is 8.97. The molecule has 0 bridgehead atoms. The smallest absolute Gasteiger partial charge is 0.408 e. The number of primary amides is 1. The molecule has 5 N–H and O–H groups in total. The number of alkyl carbamates (subject to hydrolysis) is 1. The van der Waals surface area contributed by atoms with Crippen LogP contribution in [0.2, 0.25) is 0 Å². The number of hydrogen-bond acceptors (Lipinski definition) is 5. The Labute approximate surface area is 151 Å². The van der Waals surface area contributed by atoms with E-state index in [1.807, 2.05) is 0 Å². The average Bonchev–Trinajstić information content (AvgIpc) is 2.41. The van der Waals surface area contributed by atoms with Crippen LogP contribution in [-0.4, -0.2) is 39.5 Å². The quantitative estimate of drug-likeness (QED) is 0.515. The summed E-state index contributed by atoms with van der Waals surface area (Å²) < 4.78 is 10.2. The first-order valence-electron chi connectivity index (χ1n) is 7.44. The van der Waals surface area contributed by atoms with Crippen LogP contribution in [0.25, 0.3) is 0 Å². The Morgan fingerprint density at radius 2 is 1.84 bits per heavy atom. The lowest BCUT2D eigenvalue weighted by atomic mass is 10.0. The van der Waals surface area contributed by atoms with E-state index in [2.05, 4.69) is 17.1 Å². The van der Waals surface area contributed by atoms with Crippen molar-refractivity contribution in [2.45, 2.75) is 44.9 Å². The van der Waals surface area contributed by atoms with Gasteiger partial charge in [0.25, 0.3) is 0 Å². The van der Waals surface area contributed by atoms with Gasteiger partial charge in [0.1, 0.15) is 17.7 Å². The fourth-order valence-corrected chi connectivity index (χ4v) is 2.90. The van der Waals surface area contributed by atoms with Crippen LogP contribution in [0, 0.1) is 0 Å². The minimum absolute atomic E-state index is 0.0732. The molecule has 2 amide bonds. The molecule has 1 aromatic rings. The molecule has 25 heavy (non-hydrogen) atoms. The molecule has 10 heteroatoms. The van der Waals surface area contributed by atoms with Gasteiger partial charge in [0.05, 0.1) is 0 Å². The maximum Gasteiger partial charge on any atom is 0.408 e. The van der Waals surface area contributed by atoms with Crippen molar-refractivity contribution >= 4 is 30.5 Å². The van der Waals surface area contributed by atoms with E-state index in [1.54, 1.807) is 51.1 Å². The van der Waals surface area contributed by atoms with E-state index in [-0.39, 0.29) is 6.42 Å². The van der Waals surface area contributed by atoms with E-state index in [4.69, 9.17) is 15.0 Å². The molecule has 0 radical (unpaired) electrons. The first kappa shape index (κ1) is 21.5. The molecular formula is C15H23N2O6PS. The number of hydrogen-bond donors (Lipinski definition) is 4. The molecule has 0 aliphatic carbocycles. The number of carbonyl (C=O) groups excluding carboxylic acids is 2. The van der Waals surface area contributed by atoms with Crippen LogP contribution in [0.5, 0.6) is 0 Å². The van der Waals surface area contributed by atoms with E-state index in [1.165, 1.54) is 0 Å². The fourth-order valence-electron chi connectivity index (χ4n) is 2.02. The van der Waals surface area contributed by atoms with Crippen molar-refractivity contribution in [1.82, 2.24) is 5.32 Å².